The SMILES string of the molecule is O=C1OC(/C=C/c2ccc(Br)cc2)CC(F)(F)C1O. The highest BCUT2D eigenvalue weighted by Crippen LogP contribution is 2.32. The minimum atomic E-state index is -3.45. The van der Waals surface area contributed by atoms with Gasteiger partial charge in [-0.3, -0.25) is 0 Å². The van der Waals surface area contributed by atoms with E-state index in [0.29, 0.717) is 0 Å². The predicted molar refractivity (Wildman–Crippen MR) is 68.6 cm³/mol. The van der Waals surface area contributed by atoms with E-state index >= 15 is 0 Å². The molecule has 6 heteroatoms. The molecular weight excluding hydrogens is 322 g/mol. The molecule has 0 spiro atoms. The van der Waals surface area contributed by atoms with Gasteiger partial charge in [0.15, 0.2) is 0 Å². The fourth-order valence-electron chi connectivity index (χ4n) is 1.71. The highest BCUT2D eigenvalue weighted by molar-refractivity contribution is 9.10. The van der Waals surface area contributed by atoms with Gasteiger partial charge in [0, 0.05) is 4.47 Å². The van der Waals surface area contributed by atoms with E-state index < -0.39 is 30.5 Å². The molecule has 1 aromatic rings. The van der Waals surface area contributed by atoms with Gasteiger partial charge in [0.05, 0.1) is 6.42 Å². The molecule has 1 fully saturated rings. The van der Waals surface area contributed by atoms with Crippen molar-refractivity contribution in [2.24, 2.45) is 0 Å². The number of rotatable bonds is 2. The van der Waals surface area contributed by atoms with E-state index in [1.807, 2.05) is 12.1 Å². The Labute approximate surface area is 117 Å². The molecule has 2 atom stereocenters. The molecule has 0 radical (unpaired) electrons. The first-order chi connectivity index (χ1) is 8.88. The molecule has 0 bridgehead atoms. The number of halogens is 3. The molecule has 3 nitrogen and oxygen atoms in total. The molecule has 1 N–H and O–H groups in total. The molecule has 102 valence electrons. The van der Waals surface area contributed by atoms with Gasteiger partial charge in [-0.05, 0) is 23.8 Å². The van der Waals surface area contributed by atoms with Crippen molar-refractivity contribution >= 4 is 28.0 Å². The number of aliphatic hydroxyl groups excluding tert-OH is 1. The molecular formula is C13H11BrF2O3. The molecule has 1 saturated heterocycles. The monoisotopic (exact) mass is 332 g/mol. The van der Waals surface area contributed by atoms with E-state index in [2.05, 4.69) is 15.9 Å². The first kappa shape index (κ1) is 14.1. The van der Waals surface area contributed by atoms with Gasteiger partial charge < -0.3 is 9.84 Å². The van der Waals surface area contributed by atoms with Crippen molar-refractivity contribution in [3.05, 3.63) is 40.4 Å². The highest BCUT2D eigenvalue weighted by Gasteiger charge is 2.50. The maximum atomic E-state index is 13.3. The van der Waals surface area contributed by atoms with Crippen LogP contribution < -0.4 is 0 Å². The summed E-state index contributed by atoms with van der Waals surface area (Å²) in [5, 5.41) is 8.99. The van der Waals surface area contributed by atoms with Crippen molar-refractivity contribution < 1.29 is 23.4 Å². The second kappa shape index (κ2) is 5.38. The van der Waals surface area contributed by atoms with E-state index in [1.54, 1.807) is 18.2 Å². The molecule has 19 heavy (non-hydrogen) atoms. The van der Waals surface area contributed by atoms with Gasteiger partial charge in [-0.2, -0.15) is 0 Å². The number of hydrogen-bond donors (Lipinski definition) is 1. The Morgan fingerprint density at radius 2 is 2.00 bits per heavy atom. The number of alkyl halides is 2. The zero-order valence-electron chi connectivity index (χ0n) is 9.72. The number of cyclic esters (lactones) is 1. The lowest BCUT2D eigenvalue weighted by Crippen LogP contribution is -2.49. The molecule has 0 aromatic heterocycles. The molecule has 2 rings (SSSR count). The van der Waals surface area contributed by atoms with Crippen LogP contribution in [0.25, 0.3) is 6.08 Å². The Morgan fingerprint density at radius 1 is 1.37 bits per heavy atom. The summed E-state index contributed by atoms with van der Waals surface area (Å²) >= 11 is 3.28. The molecule has 1 heterocycles. The topological polar surface area (TPSA) is 46.5 Å². The smallest absolute Gasteiger partial charge is 0.341 e. The number of carbonyl (C=O) groups is 1. The van der Waals surface area contributed by atoms with Gasteiger partial charge in [-0.1, -0.05) is 34.1 Å². The Bertz CT molecular complexity index is 499. The Morgan fingerprint density at radius 3 is 2.58 bits per heavy atom. The summed E-state index contributed by atoms with van der Waals surface area (Å²) in [5.74, 6) is -4.74. The van der Waals surface area contributed by atoms with Crippen LogP contribution in [0.15, 0.2) is 34.8 Å². The van der Waals surface area contributed by atoms with Crippen molar-refractivity contribution in [3.63, 3.8) is 0 Å². The van der Waals surface area contributed by atoms with Crippen LogP contribution in [0, 0.1) is 0 Å². The molecule has 1 aliphatic rings. The highest BCUT2D eigenvalue weighted by atomic mass is 79.9. The van der Waals surface area contributed by atoms with Crippen LogP contribution in [0.3, 0.4) is 0 Å². The van der Waals surface area contributed by atoms with Gasteiger partial charge in [0.25, 0.3) is 5.92 Å². The minimum absolute atomic E-state index is 0.715. The van der Waals surface area contributed by atoms with E-state index in [4.69, 9.17) is 9.84 Å². The largest absolute Gasteiger partial charge is 0.456 e. The minimum Gasteiger partial charge on any atom is -0.456 e. The van der Waals surface area contributed by atoms with Crippen LogP contribution in [0.2, 0.25) is 0 Å². The summed E-state index contributed by atoms with van der Waals surface area (Å²) in [4.78, 5) is 11.1. The third kappa shape index (κ3) is 3.39. The van der Waals surface area contributed by atoms with Crippen LogP contribution >= 0.6 is 15.9 Å². The van der Waals surface area contributed by atoms with Gasteiger partial charge >= 0.3 is 5.97 Å². The lowest BCUT2D eigenvalue weighted by atomic mass is 10.0. The maximum absolute atomic E-state index is 13.3. The van der Waals surface area contributed by atoms with Crippen LogP contribution in [0.4, 0.5) is 8.78 Å². The van der Waals surface area contributed by atoms with E-state index in [9.17, 15) is 13.6 Å². The molecule has 0 amide bonds. The third-order valence-electron chi connectivity index (χ3n) is 2.74. The lowest BCUT2D eigenvalue weighted by molar-refractivity contribution is -0.204. The quantitative estimate of drug-likeness (QED) is 0.847. The first-order valence-corrected chi connectivity index (χ1v) is 6.38. The predicted octanol–water partition coefficient (Wildman–Crippen LogP) is 2.77. The Kier molecular flexibility index (Phi) is 4.01. The van der Waals surface area contributed by atoms with Gasteiger partial charge in [0.1, 0.15) is 6.10 Å². The number of esters is 1. The normalized spacial score (nSPS) is 26.4. The van der Waals surface area contributed by atoms with Crippen molar-refractivity contribution in [1.82, 2.24) is 0 Å². The van der Waals surface area contributed by atoms with Crippen molar-refractivity contribution in [2.75, 3.05) is 0 Å². The van der Waals surface area contributed by atoms with Crippen LogP contribution in [0.1, 0.15) is 12.0 Å². The van der Waals surface area contributed by atoms with Gasteiger partial charge in [-0.25, -0.2) is 13.6 Å². The standard InChI is InChI=1S/C13H11BrF2O3/c14-9-4-1-8(2-5-9)3-6-10-7-13(15,16)11(17)12(18)19-10/h1-6,10-11,17H,7H2/b6-3+. The maximum Gasteiger partial charge on any atom is 0.341 e. The van der Waals surface area contributed by atoms with Crippen molar-refractivity contribution in [3.8, 4) is 0 Å². The van der Waals surface area contributed by atoms with E-state index in [-0.39, 0.29) is 0 Å². The number of hydrogen-bond acceptors (Lipinski definition) is 3. The van der Waals surface area contributed by atoms with Crippen molar-refractivity contribution in [2.45, 2.75) is 24.6 Å². The second-order valence-electron chi connectivity index (χ2n) is 4.25. The number of aliphatic hydroxyl groups is 1. The number of ether oxygens (including phenoxy) is 1. The summed E-state index contributed by atoms with van der Waals surface area (Å²) in [6.45, 7) is 0. The molecule has 1 aliphatic heterocycles. The summed E-state index contributed by atoms with van der Waals surface area (Å²) in [6.07, 6.45) is -1.13. The number of carbonyl (C=O) groups excluding carboxylic acids is 1. The zero-order valence-corrected chi connectivity index (χ0v) is 11.3. The molecule has 1 aromatic carbocycles. The summed E-state index contributed by atoms with van der Waals surface area (Å²) < 4.78 is 32.2. The third-order valence-corrected chi connectivity index (χ3v) is 3.27. The lowest BCUT2D eigenvalue weighted by Gasteiger charge is -2.30. The first-order valence-electron chi connectivity index (χ1n) is 5.58. The summed E-state index contributed by atoms with van der Waals surface area (Å²) in [5.41, 5.74) is 0.800. The Balaban J connectivity index is 2.07. The van der Waals surface area contributed by atoms with Crippen LogP contribution in [0.5, 0.6) is 0 Å². The Hall–Kier alpha value is -1.27. The average Bonchev–Trinajstić information content (AvgIpc) is 2.35. The zero-order chi connectivity index (χ0) is 14.0. The number of benzene rings is 1. The van der Waals surface area contributed by atoms with E-state index in [0.717, 1.165) is 10.0 Å². The fourth-order valence-corrected chi connectivity index (χ4v) is 1.97. The van der Waals surface area contributed by atoms with E-state index in [1.165, 1.54) is 6.08 Å². The van der Waals surface area contributed by atoms with Crippen LogP contribution in [-0.2, 0) is 9.53 Å². The van der Waals surface area contributed by atoms with Crippen LogP contribution in [-0.4, -0.2) is 29.2 Å². The molecule has 2 unspecified atom stereocenters. The van der Waals surface area contributed by atoms with Crippen molar-refractivity contribution in [1.29, 1.82) is 0 Å². The molecule has 0 aliphatic carbocycles. The molecule has 0 saturated carbocycles. The average molecular weight is 333 g/mol. The summed E-state index contributed by atoms with van der Waals surface area (Å²) in [6, 6.07) is 7.20. The summed E-state index contributed by atoms with van der Waals surface area (Å²) in [7, 11) is 0. The fraction of sp³-hybridized carbons (Fsp3) is 0.308. The van der Waals surface area contributed by atoms with Gasteiger partial charge in [-0.15, -0.1) is 0 Å². The van der Waals surface area contributed by atoms with Gasteiger partial charge in [0.2, 0.25) is 6.10 Å². The second-order valence-corrected chi connectivity index (χ2v) is 5.17.